The van der Waals surface area contributed by atoms with E-state index in [1.807, 2.05) is 0 Å². The molecule has 1 aromatic heterocycles. The van der Waals surface area contributed by atoms with Crippen LogP contribution in [-0.4, -0.2) is 25.0 Å². The fourth-order valence-electron chi connectivity index (χ4n) is 3.14. The van der Waals surface area contributed by atoms with E-state index in [1.54, 1.807) is 14.0 Å². The van der Waals surface area contributed by atoms with Crippen molar-refractivity contribution in [2.24, 2.45) is 0 Å². The van der Waals surface area contributed by atoms with Gasteiger partial charge in [-0.25, -0.2) is 0 Å². The van der Waals surface area contributed by atoms with E-state index < -0.39 is 0 Å². The van der Waals surface area contributed by atoms with Crippen molar-refractivity contribution in [3.05, 3.63) is 10.4 Å². The highest BCUT2D eigenvalue weighted by Crippen LogP contribution is 2.51. The third kappa shape index (κ3) is 2.44. The lowest BCUT2D eigenvalue weighted by molar-refractivity contribution is 0.101. The van der Waals surface area contributed by atoms with Crippen LogP contribution in [0.2, 0.25) is 0 Å². The molecule has 3 rings (SSSR count). The smallest absolute Gasteiger partial charge is 0.171 e. The molecule has 0 radical (unpaired) electrons. The molecule has 0 aromatic carbocycles. The first-order valence-electron chi connectivity index (χ1n) is 7.34. The van der Waals surface area contributed by atoms with Crippen LogP contribution in [0.4, 0.5) is 10.7 Å². The molecule has 4 nitrogen and oxygen atoms in total. The molecule has 0 aliphatic heterocycles. The van der Waals surface area contributed by atoms with Crippen LogP contribution in [0.1, 0.15) is 60.2 Å². The second kappa shape index (κ2) is 5.37. The van der Waals surface area contributed by atoms with E-state index in [2.05, 4.69) is 5.32 Å². The molecule has 0 spiro atoms. The Bertz CT molecular complexity index is 522. The molecule has 2 saturated carbocycles. The number of carbonyl (C=O) groups is 1. The summed E-state index contributed by atoms with van der Waals surface area (Å²) in [5.74, 6) is 0.612. The summed E-state index contributed by atoms with van der Waals surface area (Å²) in [7, 11) is 1.77. The van der Waals surface area contributed by atoms with Gasteiger partial charge in [-0.2, -0.15) is 0 Å². The Morgan fingerprint density at radius 3 is 2.70 bits per heavy atom. The molecule has 2 aliphatic rings. The maximum Gasteiger partial charge on any atom is 0.171 e. The number of methoxy groups -OCH3 is 1. The fraction of sp³-hybridized carbons (Fsp3) is 0.667. The number of hydrogen-bond acceptors (Lipinski definition) is 5. The highest BCUT2D eigenvalue weighted by molar-refractivity contribution is 7.18. The van der Waals surface area contributed by atoms with Gasteiger partial charge in [0.05, 0.1) is 27.7 Å². The molecule has 0 bridgehead atoms. The Labute approximate surface area is 123 Å². The van der Waals surface area contributed by atoms with E-state index >= 15 is 0 Å². The first-order valence-corrected chi connectivity index (χ1v) is 8.16. The number of nitrogen functional groups attached to an aromatic ring is 1. The summed E-state index contributed by atoms with van der Waals surface area (Å²) in [6.07, 6.45) is 6.06. The number of nitrogens with two attached hydrogens (primary N) is 1. The molecular weight excluding hydrogens is 272 g/mol. The number of hydrogen-bond donors (Lipinski definition) is 2. The van der Waals surface area contributed by atoms with E-state index in [4.69, 9.17) is 10.5 Å². The van der Waals surface area contributed by atoms with Gasteiger partial charge in [0, 0.05) is 19.6 Å². The van der Waals surface area contributed by atoms with E-state index in [9.17, 15) is 4.79 Å². The summed E-state index contributed by atoms with van der Waals surface area (Å²) >= 11 is 1.52. The average molecular weight is 294 g/mol. The van der Waals surface area contributed by atoms with Crippen LogP contribution < -0.4 is 11.1 Å². The molecule has 5 heteroatoms. The van der Waals surface area contributed by atoms with E-state index in [0.29, 0.717) is 22.5 Å². The molecule has 20 heavy (non-hydrogen) atoms. The predicted molar refractivity (Wildman–Crippen MR) is 82.8 cm³/mol. The number of anilines is 2. The third-order valence-corrected chi connectivity index (χ3v) is 5.61. The zero-order chi connectivity index (χ0) is 14.3. The maximum atomic E-state index is 11.7. The molecule has 0 saturated heterocycles. The quantitative estimate of drug-likeness (QED) is 0.817. The first-order chi connectivity index (χ1) is 9.61. The molecule has 2 atom stereocenters. The summed E-state index contributed by atoms with van der Waals surface area (Å²) in [5.41, 5.74) is 8.10. The van der Waals surface area contributed by atoms with Crippen molar-refractivity contribution in [2.45, 2.75) is 57.1 Å². The van der Waals surface area contributed by atoms with E-state index in [-0.39, 0.29) is 11.9 Å². The van der Waals surface area contributed by atoms with Crippen LogP contribution in [-0.2, 0) is 4.74 Å². The zero-order valence-corrected chi connectivity index (χ0v) is 12.9. The molecular formula is C15H22N2O2S. The summed E-state index contributed by atoms with van der Waals surface area (Å²) < 4.78 is 5.54. The van der Waals surface area contributed by atoms with Crippen molar-refractivity contribution in [2.75, 3.05) is 18.2 Å². The number of ether oxygens (including phenoxy) is 1. The predicted octanol–water partition coefficient (Wildman–Crippen LogP) is 3.39. The molecule has 1 aromatic rings. The SMILES string of the molecule is COC1CCCC1Nc1sc(C(C)=O)c(N)c1C1CC1. The van der Waals surface area contributed by atoms with Gasteiger partial charge in [0.25, 0.3) is 0 Å². The zero-order valence-electron chi connectivity index (χ0n) is 12.1. The second-order valence-corrected chi connectivity index (χ2v) is 6.89. The number of ketones is 1. The Hall–Kier alpha value is -1.07. The van der Waals surface area contributed by atoms with Gasteiger partial charge in [-0.05, 0) is 38.0 Å². The molecule has 0 amide bonds. The van der Waals surface area contributed by atoms with Gasteiger partial charge in [0.15, 0.2) is 5.78 Å². The number of carbonyl (C=O) groups excluding carboxylic acids is 1. The minimum Gasteiger partial charge on any atom is -0.397 e. The summed E-state index contributed by atoms with van der Waals surface area (Å²) in [6.45, 7) is 1.59. The van der Waals surface area contributed by atoms with Crippen LogP contribution in [0, 0.1) is 0 Å². The van der Waals surface area contributed by atoms with Gasteiger partial charge in [-0.3, -0.25) is 4.79 Å². The van der Waals surface area contributed by atoms with Crippen molar-refractivity contribution in [3.63, 3.8) is 0 Å². The topological polar surface area (TPSA) is 64.3 Å². The van der Waals surface area contributed by atoms with Gasteiger partial charge >= 0.3 is 0 Å². The summed E-state index contributed by atoms with van der Waals surface area (Å²) in [5, 5.41) is 4.71. The minimum atomic E-state index is 0.0668. The molecule has 110 valence electrons. The van der Waals surface area contributed by atoms with Crippen LogP contribution in [0.5, 0.6) is 0 Å². The summed E-state index contributed by atoms with van der Waals surface area (Å²) in [4.78, 5) is 12.4. The van der Waals surface area contributed by atoms with Gasteiger partial charge < -0.3 is 15.8 Å². The van der Waals surface area contributed by atoms with Crippen LogP contribution in [0.15, 0.2) is 0 Å². The van der Waals surface area contributed by atoms with Gasteiger partial charge in [0.1, 0.15) is 0 Å². The number of thiophene rings is 1. The van der Waals surface area contributed by atoms with Crippen LogP contribution >= 0.6 is 11.3 Å². The minimum absolute atomic E-state index is 0.0668. The van der Waals surface area contributed by atoms with Crippen molar-refractivity contribution >= 4 is 27.8 Å². The molecule has 2 unspecified atom stereocenters. The number of Topliss-reactive ketones (excluding diaryl/α,β-unsaturated/α-hetero) is 1. The molecule has 2 fully saturated rings. The lowest BCUT2D eigenvalue weighted by Gasteiger charge is -2.20. The monoisotopic (exact) mass is 294 g/mol. The fourth-order valence-corrected chi connectivity index (χ4v) is 4.31. The van der Waals surface area contributed by atoms with Crippen molar-refractivity contribution in [3.8, 4) is 0 Å². The van der Waals surface area contributed by atoms with E-state index in [1.165, 1.54) is 36.2 Å². The highest BCUT2D eigenvalue weighted by atomic mass is 32.1. The lowest BCUT2D eigenvalue weighted by atomic mass is 10.1. The highest BCUT2D eigenvalue weighted by Gasteiger charge is 2.34. The standard InChI is InChI=1S/C15H22N2O2S/c1-8(18)14-13(16)12(9-6-7-9)15(20-14)17-10-4-3-5-11(10)19-2/h9-11,17H,3-7,16H2,1-2H3. The summed E-state index contributed by atoms with van der Waals surface area (Å²) in [6, 6.07) is 0.343. The Balaban J connectivity index is 1.88. The number of rotatable bonds is 5. The first kappa shape index (κ1) is 13.9. The van der Waals surface area contributed by atoms with E-state index in [0.717, 1.165) is 17.8 Å². The average Bonchev–Trinajstić information content (AvgIpc) is 3.05. The van der Waals surface area contributed by atoms with Crippen molar-refractivity contribution < 1.29 is 9.53 Å². The normalized spacial score (nSPS) is 25.9. The second-order valence-electron chi connectivity index (χ2n) is 5.87. The maximum absolute atomic E-state index is 11.7. The van der Waals surface area contributed by atoms with Crippen LogP contribution in [0.3, 0.4) is 0 Å². The Kier molecular flexibility index (Phi) is 3.73. The van der Waals surface area contributed by atoms with Gasteiger partial charge in [-0.15, -0.1) is 11.3 Å². The van der Waals surface area contributed by atoms with Crippen molar-refractivity contribution in [1.82, 2.24) is 0 Å². The lowest BCUT2D eigenvalue weighted by Crippen LogP contribution is -2.29. The Morgan fingerprint density at radius 1 is 1.35 bits per heavy atom. The van der Waals surface area contributed by atoms with Crippen molar-refractivity contribution in [1.29, 1.82) is 0 Å². The van der Waals surface area contributed by atoms with Gasteiger partial charge in [-0.1, -0.05) is 0 Å². The van der Waals surface area contributed by atoms with Crippen LogP contribution in [0.25, 0.3) is 0 Å². The largest absolute Gasteiger partial charge is 0.397 e. The molecule has 3 N–H and O–H groups in total. The molecule has 2 aliphatic carbocycles. The third-order valence-electron chi connectivity index (χ3n) is 4.36. The molecule has 1 heterocycles. The number of nitrogens with one attached hydrogen (secondary N) is 1. The van der Waals surface area contributed by atoms with Gasteiger partial charge in [0.2, 0.25) is 0 Å². The Morgan fingerprint density at radius 2 is 2.10 bits per heavy atom.